The average Bonchev–Trinajstić information content (AvgIpc) is 3.06. The molecule has 3 aromatic rings. The van der Waals surface area contributed by atoms with Gasteiger partial charge in [-0.15, -0.1) is 0 Å². The third-order valence-electron chi connectivity index (χ3n) is 3.90. The molecule has 0 fully saturated rings. The van der Waals surface area contributed by atoms with Crippen molar-refractivity contribution in [2.24, 2.45) is 4.99 Å². The van der Waals surface area contributed by atoms with Crippen LogP contribution in [0.15, 0.2) is 47.8 Å². The average molecular weight is 337 g/mol. The number of aromatic nitrogens is 4. The Labute approximate surface area is 146 Å². The molecule has 0 amide bonds. The lowest BCUT2D eigenvalue weighted by atomic mass is 10.0. The van der Waals surface area contributed by atoms with Crippen LogP contribution in [0.4, 0.5) is 4.39 Å². The Morgan fingerprint density at radius 2 is 2.12 bits per heavy atom. The molecule has 0 spiro atoms. The van der Waals surface area contributed by atoms with E-state index in [4.69, 9.17) is 0 Å². The van der Waals surface area contributed by atoms with E-state index in [-0.39, 0.29) is 5.82 Å². The number of nitrogens with zero attached hydrogens (tertiary/aromatic N) is 5. The largest absolute Gasteiger partial charge is 0.296 e. The van der Waals surface area contributed by atoms with E-state index in [1.807, 2.05) is 18.2 Å². The van der Waals surface area contributed by atoms with Gasteiger partial charge in [0, 0.05) is 43.3 Å². The first-order chi connectivity index (χ1) is 12.2. The van der Waals surface area contributed by atoms with Crippen LogP contribution in [0.3, 0.4) is 0 Å². The van der Waals surface area contributed by atoms with E-state index in [0.717, 1.165) is 35.4 Å². The van der Waals surface area contributed by atoms with Crippen molar-refractivity contribution in [1.82, 2.24) is 19.7 Å². The summed E-state index contributed by atoms with van der Waals surface area (Å²) in [6, 6.07) is 7.31. The highest BCUT2D eigenvalue weighted by atomic mass is 19.1. The number of aliphatic imine (C=N–C) groups is 1. The number of halogens is 1. The molecule has 0 aliphatic rings. The molecule has 0 unspecified atom stereocenters. The van der Waals surface area contributed by atoms with E-state index in [2.05, 4.69) is 27.0 Å². The Morgan fingerprint density at radius 1 is 1.24 bits per heavy atom. The van der Waals surface area contributed by atoms with Gasteiger partial charge in [-0.1, -0.05) is 13.3 Å². The van der Waals surface area contributed by atoms with Gasteiger partial charge in [-0.25, -0.2) is 14.1 Å². The molecule has 0 bridgehead atoms. The molecule has 0 saturated carbocycles. The standard InChI is InChI=1S/C19H20FN5/c1-3-5-14-10-16(20)13-23-18(14)11-17-7-9-24-25(17)19-15(12-21-2)6-4-8-22-19/h4,6-10,12-13H,3,5,11H2,1-2H3. The van der Waals surface area contributed by atoms with Crippen LogP contribution in [0, 0.1) is 5.82 Å². The molecule has 0 aromatic carbocycles. The maximum atomic E-state index is 13.5. The zero-order valence-electron chi connectivity index (χ0n) is 14.4. The third kappa shape index (κ3) is 3.79. The first kappa shape index (κ1) is 17.0. The SMILES string of the molecule is CCCc1cc(F)cnc1Cc1ccnn1-c1ncccc1C=NC. The molecule has 3 rings (SSSR count). The second kappa shape index (κ2) is 7.79. The maximum Gasteiger partial charge on any atom is 0.162 e. The van der Waals surface area contributed by atoms with Crippen LogP contribution in [0.5, 0.6) is 0 Å². The topological polar surface area (TPSA) is 56.0 Å². The van der Waals surface area contributed by atoms with Gasteiger partial charge in [0.15, 0.2) is 5.82 Å². The summed E-state index contributed by atoms with van der Waals surface area (Å²) in [6.45, 7) is 2.07. The fourth-order valence-corrected chi connectivity index (χ4v) is 2.81. The Balaban J connectivity index is 1.99. The molecule has 128 valence electrons. The Morgan fingerprint density at radius 3 is 2.92 bits per heavy atom. The first-order valence-electron chi connectivity index (χ1n) is 8.26. The van der Waals surface area contributed by atoms with Gasteiger partial charge < -0.3 is 0 Å². The maximum absolute atomic E-state index is 13.5. The Hall–Kier alpha value is -2.89. The van der Waals surface area contributed by atoms with Crippen molar-refractivity contribution in [3.63, 3.8) is 0 Å². The molecule has 25 heavy (non-hydrogen) atoms. The minimum atomic E-state index is -0.299. The van der Waals surface area contributed by atoms with Crippen LogP contribution in [0.1, 0.15) is 35.9 Å². The number of pyridine rings is 2. The smallest absolute Gasteiger partial charge is 0.162 e. The normalized spacial score (nSPS) is 11.3. The minimum Gasteiger partial charge on any atom is -0.296 e. The van der Waals surface area contributed by atoms with Crippen molar-refractivity contribution in [3.05, 3.63) is 71.2 Å². The van der Waals surface area contributed by atoms with E-state index in [1.54, 1.807) is 36.4 Å². The lowest BCUT2D eigenvalue weighted by Crippen LogP contribution is -2.10. The van der Waals surface area contributed by atoms with Gasteiger partial charge in [0.05, 0.1) is 11.9 Å². The number of hydrogen-bond donors (Lipinski definition) is 0. The van der Waals surface area contributed by atoms with Gasteiger partial charge in [-0.05, 0) is 36.2 Å². The molecule has 0 atom stereocenters. The fourth-order valence-electron chi connectivity index (χ4n) is 2.81. The van der Waals surface area contributed by atoms with Gasteiger partial charge in [-0.2, -0.15) is 5.10 Å². The van der Waals surface area contributed by atoms with Crippen LogP contribution in [-0.2, 0) is 12.8 Å². The van der Waals surface area contributed by atoms with Gasteiger partial charge in [0.1, 0.15) is 5.82 Å². The molecule has 6 heteroatoms. The summed E-state index contributed by atoms with van der Waals surface area (Å²) in [5.74, 6) is 0.416. The summed E-state index contributed by atoms with van der Waals surface area (Å²) < 4.78 is 15.3. The van der Waals surface area contributed by atoms with Crippen LogP contribution >= 0.6 is 0 Å². The minimum absolute atomic E-state index is 0.299. The van der Waals surface area contributed by atoms with E-state index >= 15 is 0 Å². The summed E-state index contributed by atoms with van der Waals surface area (Å²) in [5.41, 5.74) is 3.63. The zero-order chi connectivity index (χ0) is 17.6. The second-order valence-corrected chi connectivity index (χ2v) is 5.72. The molecule has 0 N–H and O–H groups in total. The highest BCUT2D eigenvalue weighted by molar-refractivity contribution is 5.83. The van der Waals surface area contributed by atoms with Crippen molar-refractivity contribution in [2.45, 2.75) is 26.2 Å². The first-order valence-corrected chi connectivity index (χ1v) is 8.26. The molecule has 5 nitrogen and oxygen atoms in total. The van der Waals surface area contributed by atoms with Crippen molar-refractivity contribution in [2.75, 3.05) is 7.05 Å². The van der Waals surface area contributed by atoms with Gasteiger partial charge in [-0.3, -0.25) is 9.98 Å². The van der Waals surface area contributed by atoms with Crippen molar-refractivity contribution in [3.8, 4) is 5.82 Å². The molecule has 0 saturated heterocycles. The van der Waals surface area contributed by atoms with E-state index < -0.39 is 0 Å². The lowest BCUT2D eigenvalue weighted by Gasteiger charge is -2.11. The predicted molar refractivity (Wildman–Crippen MR) is 95.9 cm³/mol. The number of aryl methyl sites for hydroxylation is 1. The predicted octanol–water partition coefficient (Wildman–Crippen LogP) is 3.39. The fraction of sp³-hybridized carbons (Fsp3) is 0.263. The second-order valence-electron chi connectivity index (χ2n) is 5.72. The molecule has 3 aromatic heterocycles. The monoisotopic (exact) mass is 337 g/mol. The van der Waals surface area contributed by atoms with Crippen molar-refractivity contribution >= 4 is 6.21 Å². The van der Waals surface area contributed by atoms with E-state index in [1.165, 1.54) is 6.20 Å². The van der Waals surface area contributed by atoms with Crippen LogP contribution in [0.25, 0.3) is 5.82 Å². The van der Waals surface area contributed by atoms with E-state index in [9.17, 15) is 4.39 Å². The molecular formula is C19H20FN5. The summed E-state index contributed by atoms with van der Waals surface area (Å²) in [6.07, 6.45) is 8.79. The van der Waals surface area contributed by atoms with E-state index in [0.29, 0.717) is 12.2 Å². The summed E-state index contributed by atoms with van der Waals surface area (Å²) in [7, 11) is 1.72. The number of rotatable bonds is 6. The van der Waals surface area contributed by atoms with Gasteiger partial charge >= 0.3 is 0 Å². The molecule has 0 radical (unpaired) electrons. The quantitative estimate of drug-likeness (QED) is 0.648. The van der Waals surface area contributed by atoms with Crippen LogP contribution < -0.4 is 0 Å². The summed E-state index contributed by atoms with van der Waals surface area (Å²) in [5, 5.41) is 4.41. The van der Waals surface area contributed by atoms with Crippen LogP contribution in [-0.4, -0.2) is 33.0 Å². The summed E-state index contributed by atoms with van der Waals surface area (Å²) >= 11 is 0. The lowest BCUT2D eigenvalue weighted by molar-refractivity contribution is 0.614. The molecule has 0 aliphatic carbocycles. The third-order valence-corrected chi connectivity index (χ3v) is 3.90. The Bertz CT molecular complexity index is 885. The zero-order valence-corrected chi connectivity index (χ0v) is 14.4. The number of hydrogen-bond acceptors (Lipinski definition) is 4. The van der Waals surface area contributed by atoms with Crippen molar-refractivity contribution in [1.29, 1.82) is 0 Å². The Kier molecular flexibility index (Phi) is 5.28. The molecular weight excluding hydrogens is 317 g/mol. The summed E-state index contributed by atoms with van der Waals surface area (Å²) in [4.78, 5) is 12.8. The molecule has 3 heterocycles. The molecule has 0 aliphatic heterocycles. The van der Waals surface area contributed by atoms with Crippen molar-refractivity contribution < 1.29 is 4.39 Å². The van der Waals surface area contributed by atoms with Gasteiger partial charge in [0.25, 0.3) is 0 Å². The van der Waals surface area contributed by atoms with Crippen LogP contribution in [0.2, 0.25) is 0 Å². The highest BCUT2D eigenvalue weighted by Crippen LogP contribution is 2.18. The van der Waals surface area contributed by atoms with Gasteiger partial charge in [0.2, 0.25) is 0 Å². The highest BCUT2D eigenvalue weighted by Gasteiger charge is 2.13.